The van der Waals surface area contributed by atoms with E-state index in [0.29, 0.717) is 11.3 Å². The predicted molar refractivity (Wildman–Crippen MR) is 84.6 cm³/mol. The van der Waals surface area contributed by atoms with Crippen LogP contribution in [0.2, 0.25) is 5.15 Å². The first kappa shape index (κ1) is 17.9. The Kier molecular flexibility index (Phi) is 5.75. The van der Waals surface area contributed by atoms with Crippen molar-refractivity contribution in [3.63, 3.8) is 0 Å². The third kappa shape index (κ3) is 5.63. The Morgan fingerprint density at radius 2 is 1.95 bits per heavy atom. The van der Waals surface area contributed by atoms with E-state index in [4.69, 9.17) is 11.6 Å². The van der Waals surface area contributed by atoms with Crippen LogP contribution >= 0.6 is 11.6 Å². The van der Waals surface area contributed by atoms with E-state index in [-0.39, 0.29) is 34.5 Å². The standard InChI is InChI=1S/C14H21ClN2O3S/c1-5-21(19,20)7-6-16-13(18)10-8-11(14(2,3)4)17-12(15)9-10/h8-9H,5-7H2,1-4H3,(H,16,18). The maximum absolute atomic E-state index is 12.1. The molecule has 0 atom stereocenters. The molecular formula is C14H21ClN2O3S. The highest BCUT2D eigenvalue weighted by molar-refractivity contribution is 7.91. The number of aromatic nitrogens is 1. The molecule has 0 aliphatic carbocycles. The summed E-state index contributed by atoms with van der Waals surface area (Å²) < 4.78 is 22.7. The number of sulfone groups is 1. The zero-order chi connectivity index (χ0) is 16.3. The van der Waals surface area contributed by atoms with Gasteiger partial charge in [-0.05, 0) is 12.1 Å². The lowest BCUT2D eigenvalue weighted by Gasteiger charge is -2.18. The Balaban J connectivity index is 2.82. The molecule has 7 heteroatoms. The van der Waals surface area contributed by atoms with E-state index in [9.17, 15) is 13.2 Å². The predicted octanol–water partition coefficient (Wildman–Crippen LogP) is 2.20. The third-order valence-corrected chi connectivity index (χ3v) is 4.86. The molecule has 1 aromatic rings. The minimum absolute atomic E-state index is 0.0676. The molecule has 0 fully saturated rings. The van der Waals surface area contributed by atoms with Gasteiger partial charge in [0.15, 0.2) is 9.84 Å². The Hall–Kier alpha value is -1.14. The van der Waals surface area contributed by atoms with Gasteiger partial charge in [-0.1, -0.05) is 39.3 Å². The molecule has 0 saturated heterocycles. The van der Waals surface area contributed by atoms with Crippen molar-refractivity contribution in [3.8, 4) is 0 Å². The zero-order valence-electron chi connectivity index (χ0n) is 12.7. The number of hydrogen-bond acceptors (Lipinski definition) is 4. The van der Waals surface area contributed by atoms with Gasteiger partial charge in [0, 0.05) is 29.0 Å². The second-order valence-corrected chi connectivity index (χ2v) is 8.67. The fraction of sp³-hybridized carbons (Fsp3) is 0.571. The van der Waals surface area contributed by atoms with Gasteiger partial charge in [0.25, 0.3) is 5.91 Å². The number of carbonyl (C=O) groups excluding carboxylic acids is 1. The summed E-state index contributed by atoms with van der Waals surface area (Å²) in [5.41, 5.74) is 0.862. The van der Waals surface area contributed by atoms with Gasteiger partial charge in [0.1, 0.15) is 5.15 Å². The Bertz CT molecular complexity index is 622. The molecular weight excluding hydrogens is 312 g/mol. The first-order chi connectivity index (χ1) is 9.55. The summed E-state index contributed by atoms with van der Waals surface area (Å²) in [6.45, 7) is 7.58. The normalized spacial score (nSPS) is 12.2. The topological polar surface area (TPSA) is 76.1 Å². The smallest absolute Gasteiger partial charge is 0.251 e. The van der Waals surface area contributed by atoms with Gasteiger partial charge in [-0.15, -0.1) is 0 Å². The molecule has 0 saturated carbocycles. The summed E-state index contributed by atoms with van der Waals surface area (Å²) in [5.74, 6) is -0.353. The fourth-order valence-electron chi connectivity index (χ4n) is 1.58. The van der Waals surface area contributed by atoms with Crippen LogP contribution in [0.15, 0.2) is 12.1 Å². The Morgan fingerprint density at radius 3 is 2.48 bits per heavy atom. The van der Waals surface area contributed by atoms with E-state index in [1.54, 1.807) is 13.0 Å². The van der Waals surface area contributed by atoms with Crippen LogP contribution in [0.5, 0.6) is 0 Å². The van der Waals surface area contributed by atoms with Gasteiger partial charge in [-0.3, -0.25) is 4.79 Å². The molecule has 21 heavy (non-hydrogen) atoms. The van der Waals surface area contributed by atoms with E-state index >= 15 is 0 Å². The Labute approximate surface area is 131 Å². The molecule has 1 rings (SSSR count). The highest BCUT2D eigenvalue weighted by Gasteiger charge is 2.19. The summed E-state index contributed by atoms with van der Waals surface area (Å²) >= 11 is 5.94. The van der Waals surface area contributed by atoms with Gasteiger partial charge in [0.05, 0.1) is 5.75 Å². The second-order valence-electron chi connectivity index (χ2n) is 5.81. The molecule has 1 N–H and O–H groups in total. The zero-order valence-corrected chi connectivity index (χ0v) is 14.3. The number of nitrogens with one attached hydrogen (secondary N) is 1. The number of hydrogen-bond donors (Lipinski definition) is 1. The molecule has 0 aliphatic rings. The molecule has 5 nitrogen and oxygen atoms in total. The van der Waals surface area contributed by atoms with Crippen molar-refractivity contribution in [3.05, 3.63) is 28.5 Å². The van der Waals surface area contributed by atoms with Gasteiger partial charge in [-0.25, -0.2) is 13.4 Å². The number of rotatable bonds is 5. The minimum atomic E-state index is -3.09. The minimum Gasteiger partial charge on any atom is -0.351 e. The van der Waals surface area contributed by atoms with Gasteiger partial charge in [-0.2, -0.15) is 0 Å². The van der Waals surface area contributed by atoms with Crippen LogP contribution in [0.4, 0.5) is 0 Å². The number of pyridine rings is 1. The summed E-state index contributed by atoms with van der Waals surface area (Å²) in [4.78, 5) is 16.3. The van der Waals surface area contributed by atoms with Crippen LogP contribution < -0.4 is 5.32 Å². The maximum atomic E-state index is 12.1. The average Bonchev–Trinajstić information content (AvgIpc) is 2.36. The van der Waals surface area contributed by atoms with Gasteiger partial charge < -0.3 is 5.32 Å². The van der Waals surface area contributed by atoms with Crippen LogP contribution in [-0.2, 0) is 15.3 Å². The summed E-state index contributed by atoms with van der Waals surface area (Å²) in [6, 6.07) is 3.15. The van der Waals surface area contributed by atoms with Gasteiger partial charge in [0.2, 0.25) is 0 Å². The number of amides is 1. The van der Waals surface area contributed by atoms with Crippen molar-refractivity contribution in [2.45, 2.75) is 33.1 Å². The van der Waals surface area contributed by atoms with E-state index in [2.05, 4.69) is 10.3 Å². The number of nitrogens with zero attached hydrogens (tertiary/aromatic N) is 1. The molecule has 0 spiro atoms. The lowest BCUT2D eigenvalue weighted by Crippen LogP contribution is -2.30. The summed E-state index contributed by atoms with van der Waals surface area (Å²) in [6.07, 6.45) is 0. The van der Waals surface area contributed by atoms with Crippen LogP contribution in [0.25, 0.3) is 0 Å². The van der Waals surface area contributed by atoms with Crippen LogP contribution in [0.1, 0.15) is 43.7 Å². The monoisotopic (exact) mass is 332 g/mol. The third-order valence-electron chi connectivity index (χ3n) is 2.96. The molecule has 1 amide bonds. The molecule has 0 aromatic carbocycles. The average molecular weight is 333 g/mol. The molecule has 0 unspecified atom stereocenters. The Morgan fingerprint density at radius 1 is 1.33 bits per heavy atom. The molecule has 1 aromatic heterocycles. The van der Waals surface area contributed by atoms with Crippen molar-refractivity contribution in [2.75, 3.05) is 18.1 Å². The van der Waals surface area contributed by atoms with Crippen LogP contribution in [-0.4, -0.2) is 37.4 Å². The van der Waals surface area contributed by atoms with Crippen molar-refractivity contribution in [2.24, 2.45) is 0 Å². The van der Waals surface area contributed by atoms with E-state index in [1.807, 2.05) is 20.8 Å². The van der Waals surface area contributed by atoms with E-state index in [1.165, 1.54) is 6.07 Å². The molecule has 0 radical (unpaired) electrons. The first-order valence-corrected chi connectivity index (χ1v) is 8.92. The second kappa shape index (κ2) is 6.75. The lowest BCUT2D eigenvalue weighted by molar-refractivity contribution is 0.0956. The van der Waals surface area contributed by atoms with Crippen LogP contribution in [0, 0.1) is 0 Å². The molecule has 1 heterocycles. The molecule has 118 valence electrons. The summed E-state index contributed by atoms with van der Waals surface area (Å²) in [5, 5.41) is 2.83. The van der Waals surface area contributed by atoms with E-state index < -0.39 is 9.84 Å². The first-order valence-electron chi connectivity index (χ1n) is 6.72. The number of carbonyl (C=O) groups is 1. The SMILES string of the molecule is CCS(=O)(=O)CCNC(=O)c1cc(Cl)nc(C(C)(C)C)c1. The largest absolute Gasteiger partial charge is 0.351 e. The highest BCUT2D eigenvalue weighted by Crippen LogP contribution is 2.23. The van der Waals surface area contributed by atoms with E-state index in [0.717, 1.165) is 0 Å². The molecule has 0 bridgehead atoms. The van der Waals surface area contributed by atoms with Crippen molar-refractivity contribution >= 4 is 27.3 Å². The maximum Gasteiger partial charge on any atom is 0.251 e. The number of halogens is 1. The molecule has 0 aliphatic heterocycles. The lowest BCUT2D eigenvalue weighted by atomic mass is 9.91. The van der Waals surface area contributed by atoms with Crippen molar-refractivity contribution in [1.29, 1.82) is 0 Å². The van der Waals surface area contributed by atoms with Gasteiger partial charge >= 0.3 is 0 Å². The quantitative estimate of drug-likeness (QED) is 0.839. The van der Waals surface area contributed by atoms with Crippen molar-refractivity contribution in [1.82, 2.24) is 10.3 Å². The fourth-order valence-corrected chi connectivity index (χ4v) is 2.49. The summed E-state index contributed by atoms with van der Waals surface area (Å²) in [7, 11) is -3.09. The highest BCUT2D eigenvalue weighted by atomic mass is 35.5. The van der Waals surface area contributed by atoms with Crippen LogP contribution in [0.3, 0.4) is 0 Å². The van der Waals surface area contributed by atoms with Crippen molar-refractivity contribution < 1.29 is 13.2 Å².